The fourth-order valence-corrected chi connectivity index (χ4v) is 3.16. The van der Waals surface area contributed by atoms with E-state index in [0.29, 0.717) is 6.04 Å². The van der Waals surface area contributed by atoms with Crippen LogP contribution in [0.2, 0.25) is 0 Å². The lowest BCUT2D eigenvalue weighted by molar-refractivity contribution is 0.584. The molecule has 0 unspecified atom stereocenters. The quantitative estimate of drug-likeness (QED) is 0.938. The van der Waals surface area contributed by atoms with Crippen molar-refractivity contribution in [3.05, 3.63) is 29.0 Å². The lowest BCUT2D eigenvalue weighted by Gasteiger charge is -2.16. The minimum Gasteiger partial charge on any atom is -0.310 e. The van der Waals surface area contributed by atoms with Gasteiger partial charge in [0.05, 0.1) is 11.4 Å². The highest BCUT2D eigenvalue weighted by atomic mass is 15.3. The maximum absolute atomic E-state index is 4.62. The first kappa shape index (κ1) is 14.3. The number of aromatic nitrogens is 4. The zero-order valence-electron chi connectivity index (χ0n) is 13.5. The molecule has 0 radical (unpaired) electrons. The summed E-state index contributed by atoms with van der Waals surface area (Å²) in [6.45, 7) is 7.28. The van der Waals surface area contributed by atoms with Crippen molar-refractivity contribution in [1.29, 1.82) is 0 Å². The molecule has 5 nitrogen and oxygen atoms in total. The second-order valence-electron chi connectivity index (χ2n) is 6.26. The SMILES string of the molecule is Cc1nn(C)c(-n2cnc3c2CCCC3)c1CNC(C)C. The van der Waals surface area contributed by atoms with E-state index < -0.39 is 0 Å². The van der Waals surface area contributed by atoms with Gasteiger partial charge in [0.2, 0.25) is 0 Å². The molecule has 114 valence electrons. The molecule has 0 saturated heterocycles. The summed E-state index contributed by atoms with van der Waals surface area (Å²) in [5.41, 5.74) is 5.01. The third kappa shape index (κ3) is 2.62. The molecule has 1 aliphatic rings. The number of hydrogen-bond donors (Lipinski definition) is 1. The van der Waals surface area contributed by atoms with E-state index in [-0.39, 0.29) is 0 Å². The van der Waals surface area contributed by atoms with Crippen LogP contribution >= 0.6 is 0 Å². The van der Waals surface area contributed by atoms with Crippen LogP contribution in [0, 0.1) is 6.92 Å². The van der Waals surface area contributed by atoms with Crippen LogP contribution in [-0.2, 0) is 26.4 Å². The van der Waals surface area contributed by atoms with Crippen LogP contribution in [0.1, 0.15) is 49.3 Å². The highest BCUT2D eigenvalue weighted by Gasteiger charge is 2.21. The normalized spacial score (nSPS) is 14.7. The topological polar surface area (TPSA) is 47.7 Å². The van der Waals surface area contributed by atoms with Crippen molar-refractivity contribution >= 4 is 0 Å². The van der Waals surface area contributed by atoms with Gasteiger partial charge in [-0.1, -0.05) is 13.8 Å². The van der Waals surface area contributed by atoms with Gasteiger partial charge in [-0.25, -0.2) is 4.98 Å². The Balaban J connectivity index is 2.03. The van der Waals surface area contributed by atoms with Gasteiger partial charge in [-0.05, 0) is 32.6 Å². The van der Waals surface area contributed by atoms with Crippen molar-refractivity contribution < 1.29 is 0 Å². The number of aryl methyl sites for hydroxylation is 3. The molecule has 0 bridgehead atoms. The molecule has 3 rings (SSSR count). The van der Waals surface area contributed by atoms with Gasteiger partial charge in [-0.3, -0.25) is 9.25 Å². The molecule has 0 aromatic carbocycles. The molecule has 5 heteroatoms. The zero-order chi connectivity index (χ0) is 15.0. The standard InChI is InChI=1S/C16H25N5/c1-11(2)17-9-13-12(3)19-20(4)16(13)21-10-18-14-7-5-6-8-15(14)21/h10-11,17H,5-9H2,1-4H3. The molecule has 0 aliphatic heterocycles. The molecule has 0 amide bonds. The molecule has 0 atom stereocenters. The summed E-state index contributed by atoms with van der Waals surface area (Å²) in [5.74, 6) is 1.16. The van der Waals surface area contributed by atoms with E-state index in [1.54, 1.807) is 0 Å². The summed E-state index contributed by atoms with van der Waals surface area (Å²) in [4.78, 5) is 4.62. The highest BCUT2D eigenvalue weighted by molar-refractivity contribution is 5.41. The Morgan fingerprint density at radius 1 is 1.29 bits per heavy atom. The summed E-state index contributed by atoms with van der Waals surface area (Å²) in [6.07, 6.45) is 6.73. The Morgan fingerprint density at radius 3 is 2.81 bits per heavy atom. The van der Waals surface area contributed by atoms with Crippen LogP contribution in [0.25, 0.3) is 5.82 Å². The van der Waals surface area contributed by atoms with E-state index in [9.17, 15) is 0 Å². The number of imidazole rings is 1. The predicted octanol–water partition coefficient (Wildman–Crippen LogP) is 2.29. The van der Waals surface area contributed by atoms with Gasteiger partial charge in [0, 0.05) is 30.9 Å². The number of nitrogens with zero attached hydrogens (tertiary/aromatic N) is 4. The summed E-state index contributed by atoms with van der Waals surface area (Å²) in [5, 5.41) is 8.13. The summed E-state index contributed by atoms with van der Waals surface area (Å²) < 4.78 is 4.25. The second kappa shape index (κ2) is 5.64. The summed E-state index contributed by atoms with van der Waals surface area (Å²) in [7, 11) is 2.02. The smallest absolute Gasteiger partial charge is 0.140 e. The molecule has 1 aliphatic carbocycles. The van der Waals surface area contributed by atoms with Gasteiger partial charge < -0.3 is 5.32 Å². The van der Waals surface area contributed by atoms with Crippen LogP contribution in [-0.4, -0.2) is 25.4 Å². The van der Waals surface area contributed by atoms with Crippen LogP contribution in [0.3, 0.4) is 0 Å². The maximum atomic E-state index is 4.62. The molecule has 2 heterocycles. The molecule has 0 spiro atoms. The average molecular weight is 287 g/mol. The number of hydrogen-bond acceptors (Lipinski definition) is 3. The van der Waals surface area contributed by atoms with Crippen LogP contribution in [0.4, 0.5) is 0 Å². The third-order valence-corrected chi connectivity index (χ3v) is 4.26. The number of rotatable bonds is 4. The number of fused-ring (bicyclic) bond motifs is 1. The van der Waals surface area contributed by atoms with Crippen LogP contribution in [0.15, 0.2) is 6.33 Å². The molecule has 0 saturated carbocycles. The van der Waals surface area contributed by atoms with Crippen molar-refractivity contribution in [2.45, 2.75) is 59.0 Å². The maximum Gasteiger partial charge on any atom is 0.140 e. The Bertz CT molecular complexity index is 635. The molecular weight excluding hydrogens is 262 g/mol. The van der Waals surface area contributed by atoms with E-state index in [1.165, 1.54) is 29.8 Å². The highest BCUT2D eigenvalue weighted by Crippen LogP contribution is 2.26. The Hall–Kier alpha value is -1.62. The van der Waals surface area contributed by atoms with E-state index >= 15 is 0 Å². The fraction of sp³-hybridized carbons (Fsp3) is 0.625. The van der Waals surface area contributed by atoms with E-state index in [0.717, 1.165) is 30.9 Å². The lowest BCUT2D eigenvalue weighted by Crippen LogP contribution is -2.23. The largest absolute Gasteiger partial charge is 0.310 e. The van der Waals surface area contributed by atoms with Gasteiger partial charge in [0.1, 0.15) is 12.1 Å². The summed E-state index contributed by atoms with van der Waals surface area (Å²) in [6, 6.07) is 0.467. The van der Waals surface area contributed by atoms with Crippen molar-refractivity contribution in [1.82, 2.24) is 24.6 Å². The minimum absolute atomic E-state index is 0.467. The average Bonchev–Trinajstić information content (AvgIpc) is 2.97. The second-order valence-corrected chi connectivity index (χ2v) is 6.26. The first-order chi connectivity index (χ1) is 10.1. The van der Waals surface area contributed by atoms with Gasteiger partial charge in [-0.15, -0.1) is 0 Å². The van der Waals surface area contributed by atoms with Gasteiger partial charge >= 0.3 is 0 Å². The Kier molecular flexibility index (Phi) is 3.85. The monoisotopic (exact) mass is 287 g/mol. The van der Waals surface area contributed by atoms with Crippen molar-refractivity contribution in [3.63, 3.8) is 0 Å². The van der Waals surface area contributed by atoms with Gasteiger partial charge in [0.25, 0.3) is 0 Å². The zero-order valence-corrected chi connectivity index (χ0v) is 13.5. The fourth-order valence-electron chi connectivity index (χ4n) is 3.16. The predicted molar refractivity (Wildman–Crippen MR) is 83.7 cm³/mol. The van der Waals surface area contributed by atoms with Crippen molar-refractivity contribution in [3.8, 4) is 5.82 Å². The lowest BCUT2D eigenvalue weighted by atomic mass is 10.0. The van der Waals surface area contributed by atoms with E-state index in [1.807, 2.05) is 18.1 Å². The van der Waals surface area contributed by atoms with Crippen LogP contribution < -0.4 is 5.32 Å². The van der Waals surface area contributed by atoms with Crippen molar-refractivity contribution in [2.75, 3.05) is 0 Å². The Labute approximate surface area is 126 Å². The van der Waals surface area contributed by atoms with Crippen molar-refractivity contribution in [2.24, 2.45) is 7.05 Å². The minimum atomic E-state index is 0.467. The Morgan fingerprint density at radius 2 is 2.05 bits per heavy atom. The third-order valence-electron chi connectivity index (χ3n) is 4.26. The van der Waals surface area contributed by atoms with Gasteiger partial charge in [0.15, 0.2) is 0 Å². The molecular formula is C16H25N5. The molecule has 0 fully saturated rings. The van der Waals surface area contributed by atoms with E-state index in [4.69, 9.17) is 0 Å². The molecule has 2 aromatic heterocycles. The number of nitrogens with one attached hydrogen (secondary N) is 1. The molecule has 1 N–H and O–H groups in total. The van der Waals surface area contributed by atoms with E-state index in [2.05, 4.69) is 40.7 Å². The summed E-state index contributed by atoms with van der Waals surface area (Å²) >= 11 is 0. The molecule has 21 heavy (non-hydrogen) atoms. The van der Waals surface area contributed by atoms with Gasteiger partial charge in [-0.2, -0.15) is 5.10 Å². The first-order valence-electron chi connectivity index (χ1n) is 7.89. The molecule has 2 aromatic rings. The van der Waals surface area contributed by atoms with Crippen LogP contribution in [0.5, 0.6) is 0 Å². The first-order valence-corrected chi connectivity index (χ1v) is 7.89.